The first-order valence-electron chi connectivity index (χ1n) is 15.4. The van der Waals surface area contributed by atoms with Crippen LogP contribution in [0.3, 0.4) is 0 Å². The van der Waals surface area contributed by atoms with E-state index in [1.54, 1.807) is 0 Å². The minimum Gasteiger partial charge on any atom is -0.381 e. The molecule has 1 unspecified atom stereocenters. The predicted octanol–water partition coefficient (Wildman–Crippen LogP) is 6.06. The molecule has 3 aliphatic rings. The summed E-state index contributed by atoms with van der Waals surface area (Å²) in [6.07, 6.45) is 9.56. The fourth-order valence-corrected chi connectivity index (χ4v) is 6.65. The largest absolute Gasteiger partial charge is 0.381 e. The highest BCUT2D eigenvalue weighted by molar-refractivity contribution is 5.72. The van der Waals surface area contributed by atoms with Crippen molar-refractivity contribution in [1.82, 2.24) is 19.8 Å². The van der Waals surface area contributed by atoms with E-state index < -0.39 is 0 Å². The van der Waals surface area contributed by atoms with Crippen LogP contribution in [0.5, 0.6) is 0 Å². The highest BCUT2D eigenvalue weighted by Crippen LogP contribution is 2.42. The number of fused-ring (bicyclic) bond motifs is 4. The van der Waals surface area contributed by atoms with Crippen molar-refractivity contribution in [1.29, 1.82) is 0 Å². The van der Waals surface area contributed by atoms with Crippen LogP contribution in [-0.4, -0.2) is 66.1 Å². The summed E-state index contributed by atoms with van der Waals surface area (Å²) in [5, 5.41) is 7.13. The van der Waals surface area contributed by atoms with Crippen molar-refractivity contribution in [3.05, 3.63) is 112 Å². The number of aromatic nitrogens is 2. The van der Waals surface area contributed by atoms with E-state index in [9.17, 15) is 0 Å². The van der Waals surface area contributed by atoms with Crippen molar-refractivity contribution >= 4 is 17.7 Å². The maximum Gasteiger partial charge on any atom is 0.223 e. The zero-order valence-corrected chi connectivity index (χ0v) is 24.5. The Morgan fingerprint density at radius 3 is 2.64 bits per heavy atom. The molecule has 214 valence electrons. The molecule has 3 aromatic carbocycles. The lowest BCUT2D eigenvalue weighted by Gasteiger charge is -2.32. The van der Waals surface area contributed by atoms with Crippen LogP contribution >= 0.6 is 0 Å². The van der Waals surface area contributed by atoms with Crippen molar-refractivity contribution in [2.24, 2.45) is 0 Å². The Hall–Kier alpha value is -4.00. The number of hydrogen-bond acceptors (Lipinski definition) is 6. The molecule has 6 nitrogen and oxygen atoms in total. The normalized spacial score (nSPS) is 17.9. The Morgan fingerprint density at radius 1 is 0.905 bits per heavy atom. The third-order valence-electron chi connectivity index (χ3n) is 9.13. The predicted molar refractivity (Wildman–Crippen MR) is 173 cm³/mol. The van der Waals surface area contributed by atoms with Crippen molar-refractivity contribution in [3.63, 3.8) is 0 Å². The van der Waals surface area contributed by atoms with Gasteiger partial charge >= 0.3 is 0 Å². The first kappa shape index (κ1) is 26.9. The molecule has 42 heavy (non-hydrogen) atoms. The number of benzene rings is 3. The molecule has 0 bridgehead atoms. The molecule has 0 radical (unpaired) electrons. The van der Waals surface area contributed by atoms with Gasteiger partial charge in [0.25, 0.3) is 0 Å². The molecule has 2 heterocycles. The maximum absolute atomic E-state index is 5.01. The van der Waals surface area contributed by atoms with E-state index in [-0.39, 0.29) is 5.92 Å². The lowest BCUT2D eigenvalue weighted by Crippen LogP contribution is -2.44. The second kappa shape index (κ2) is 12.1. The summed E-state index contributed by atoms with van der Waals surface area (Å²) in [4.78, 5) is 14.7. The fraction of sp³-hybridized carbons (Fsp3) is 0.333. The van der Waals surface area contributed by atoms with E-state index in [2.05, 4.69) is 106 Å². The summed E-state index contributed by atoms with van der Waals surface area (Å²) >= 11 is 0. The van der Waals surface area contributed by atoms with Gasteiger partial charge < -0.3 is 20.4 Å². The summed E-state index contributed by atoms with van der Waals surface area (Å²) < 4.78 is 0. The molecule has 1 fully saturated rings. The first-order chi connectivity index (χ1) is 20.7. The molecule has 0 spiro atoms. The number of nitrogens with one attached hydrogen (secondary N) is 2. The third-order valence-corrected chi connectivity index (χ3v) is 9.13. The monoisotopic (exact) mass is 556 g/mol. The van der Waals surface area contributed by atoms with Crippen molar-refractivity contribution in [2.45, 2.75) is 31.7 Å². The van der Waals surface area contributed by atoms with Crippen LogP contribution in [-0.2, 0) is 19.4 Å². The van der Waals surface area contributed by atoms with Gasteiger partial charge in [-0.3, -0.25) is 0 Å². The molecule has 0 saturated carbocycles. The van der Waals surface area contributed by atoms with E-state index in [4.69, 9.17) is 9.97 Å². The maximum atomic E-state index is 5.01. The van der Waals surface area contributed by atoms with Gasteiger partial charge in [0.2, 0.25) is 5.95 Å². The van der Waals surface area contributed by atoms with Crippen LogP contribution in [0.2, 0.25) is 0 Å². The van der Waals surface area contributed by atoms with Gasteiger partial charge in [0.15, 0.2) is 0 Å². The lowest BCUT2D eigenvalue weighted by atomic mass is 9.78. The van der Waals surface area contributed by atoms with Crippen LogP contribution in [0.25, 0.3) is 17.3 Å². The lowest BCUT2D eigenvalue weighted by molar-refractivity contribution is 0.154. The van der Waals surface area contributed by atoms with Gasteiger partial charge in [-0.25, -0.2) is 9.97 Å². The smallest absolute Gasteiger partial charge is 0.223 e. The van der Waals surface area contributed by atoms with Gasteiger partial charge in [-0.1, -0.05) is 66.7 Å². The van der Waals surface area contributed by atoms with Gasteiger partial charge in [-0.15, -0.1) is 0 Å². The molecule has 2 aliphatic carbocycles. The molecule has 1 saturated heterocycles. The molecule has 4 aromatic rings. The van der Waals surface area contributed by atoms with Gasteiger partial charge in [-0.05, 0) is 78.4 Å². The minimum absolute atomic E-state index is 0.289. The molecular formula is C36H40N6. The Balaban J connectivity index is 1.01. The quantitative estimate of drug-likeness (QED) is 0.244. The average Bonchev–Trinajstić information content (AvgIpc) is 3.53. The molecule has 7 rings (SSSR count). The summed E-state index contributed by atoms with van der Waals surface area (Å²) in [7, 11) is 2.20. The van der Waals surface area contributed by atoms with Gasteiger partial charge in [-0.2, -0.15) is 0 Å². The number of allylic oxidation sites excluding steroid dienone is 1. The molecule has 2 N–H and O–H groups in total. The number of hydrogen-bond donors (Lipinski definition) is 2. The van der Waals surface area contributed by atoms with Gasteiger partial charge in [0.1, 0.15) is 0 Å². The van der Waals surface area contributed by atoms with Crippen LogP contribution in [0.4, 0.5) is 11.6 Å². The Labute approximate surface area is 249 Å². The number of piperazine rings is 1. The van der Waals surface area contributed by atoms with E-state index in [1.165, 1.54) is 38.9 Å². The highest BCUT2D eigenvalue weighted by atomic mass is 15.2. The number of rotatable bonds is 9. The fourth-order valence-electron chi connectivity index (χ4n) is 6.65. The summed E-state index contributed by atoms with van der Waals surface area (Å²) in [6, 6.07) is 24.4. The Kier molecular flexibility index (Phi) is 7.73. The van der Waals surface area contributed by atoms with Crippen molar-refractivity contribution in [3.8, 4) is 11.3 Å². The minimum atomic E-state index is 0.289. The summed E-state index contributed by atoms with van der Waals surface area (Å²) in [5.74, 6) is 1.02. The van der Waals surface area contributed by atoms with Gasteiger partial charge in [0, 0.05) is 62.6 Å². The summed E-state index contributed by atoms with van der Waals surface area (Å²) in [5.41, 5.74) is 11.5. The average molecular weight is 557 g/mol. The Morgan fingerprint density at radius 2 is 1.76 bits per heavy atom. The summed E-state index contributed by atoms with van der Waals surface area (Å²) in [6.45, 7) is 7.50. The number of likely N-dealkylation sites (N-methyl/N-ethyl adjacent to an activating group) is 1. The standard InChI is InChI=1S/C36H40N6/c1-41-19-21-42(22-20-41)18-6-17-37-36-39-25-29-23-34(32-10-2-3-11-33(32)35(29)40-36)27-13-15-30(16-14-27)38-24-28-9-4-7-26-8-5-12-31(26)28/h2-5,7-11,13-16,25,34,38H,6,12,17-24H2,1H3,(H,37,39,40). The van der Waals surface area contributed by atoms with Crippen LogP contribution in [0, 0.1) is 0 Å². The van der Waals surface area contributed by atoms with Crippen LogP contribution < -0.4 is 10.6 Å². The van der Waals surface area contributed by atoms with Crippen LogP contribution in [0.1, 0.15) is 45.7 Å². The second-order valence-electron chi connectivity index (χ2n) is 11.9. The zero-order chi connectivity index (χ0) is 28.3. The first-order valence-corrected chi connectivity index (χ1v) is 15.4. The number of nitrogens with zero attached hydrogens (tertiary/aromatic N) is 4. The third kappa shape index (κ3) is 5.69. The SMILES string of the molecule is CN1CCN(CCCNc2ncc3c(n2)-c2ccccc2C(c2ccc(NCc4cccc5c4CC=C5)cc2)C3)CC1. The Bertz CT molecular complexity index is 1570. The van der Waals surface area contributed by atoms with Crippen molar-refractivity contribution < 1.29 is 0 Å². The highest BCUT2D eigenvalue weighted by Gasteiger charge is 2.27. The topological polar surface area (TPSA) is 56.3 Å². The van der Waals surface area contributed by atoms with E-state index in [0.717, 1.165) is 82.4 Å². The van der Waals surface area contributed by atoms with E-state index in [0.29, 0.717) is 0 Å². The van der Waals surface area contributed by atoms with Crippen molar-refractivity contribution in [2.75, 3.05) is 56.9 Å². The molecule has 6 heteroatoms. The van der Waals surface area contributed by atoms with E-state index in [1.807, 2.05) is 6.20 Å². The van der Waals surface area contributed by atoms with Crippen LogP contribution in [0.15, 0.2) is 79.0 Å². The second-order valence-corrected chi connectivity index (χ2v) is 11.9. The van der Waals surface area contributed by atoms with Gasteiger partial charge in [0.05, 0.1) is 5.69 Å². The molecule has 1 aliphatic heterocycles. The molecule has 1 aromatic heterocycles. The molecular weight excluding hydrogens is 516 g/mol. The molecule has 1 atom stereocenters. The van der Waals surface area contributed by atoms with E-state index >= 15 is 0 Å². The molecule has 0 amide bonds. The number of anilines is 2. The zero-order valence-electron chi connectivity index (χ0n) is 24.5.